The van der Waals surface area contributed by atoms with E-state index in [0.29, 0.717) is 5.89 Å². The number of carbonyl (C=O) groups is 1. The quantitative estimate of drug-likeness (QED) is 0.405. The second-order valence-electron chi connectivity index (χ2n) is 6.27. The van der Waals surface area contributed by atoms with E-state index in [2.05, 4.69) is 14.9 Å². The minimum Gasteiger partial charge on any atom is -0.449 e. The minimum atomic E-state index is -3.68. The van der Waals surface area contributed by atoms with Crippen molar-refractivity contribution in [3.8, 4) is 11.5 Å². The van der Waals surface area contributed by atoms with Gasteiger partial charge >= 0.3 is 5.97 Å². The van der Waals surface area contributed by atoms with Crippen molar-refractivity contribution in [2.45, 2.75) is 17.9 Å². The Morgan fingerprint density at radius 1 is 1.10 bits per heavy atom. The third-order valence-corrected chi connectivity index (χ3v) is 5.57. The number of nitrogens with zero attached hydrogens (tertiary/aromatic N) is 2. The maximum atomic E-state index is 12.4. The molecule has 158 valence electrons. The second-order valence-corrected chi connectivity index (χ2v) is 8.04. The van der Waals surface area contributed by atoms with Crippen LogP contribution in [-0.4, -0.2) is 44.8 Å². The number of methoxy groups -OCH3 is 1. The minimum absolute atomic E-state index is 0.0348. The van der Waals surface area contributed by atoms with E-state index in [1.165, 1.54) is 31.4 Å². The number of nitrogens with one attached hydrogen (secondary N) is 1. The summed E-state index contributed by atoms with van der Waals surface area (Å²) in [5, 5.41) is 7.90. The number of carbonyl (C=O) groups excluding carboxylic acids is 1. The van der Waals surface area contributed by atoms with Crippen LogP contribution in [0.2, 0.25) is 0 Å². The first-order valence-corrected chi connectivity index (χ1v) is 10.6. The molecule has 0 saturated heterocycles. The van der Waals surface area contributed by atoms with E-state index in [9.17, 15) is 13.2 Å². The summed E-state index contributed by atoms with van der Waals surface area (Å²) in [5.41, 5.74) is 0.950. The molecule has 2 aromatic carbocycles. The Morgan fingerprint density at radius 2 is 1.80 bits per heavy atom. The van der Waals surface area contributed by atoms with E-state index in [4.69, 9.17) is 13.9 Å². The van der Waals surface area contributed by atoms with Gasteiger partial charge in [-0.15, -0.1) is 10.2 Å². The Labute approximate surface area is 174 Å². The molecule has 0 unspecified atom stereocenters. The van der Waals surface area contributed by atoms with Gasteiger partial charge in [0.25, 0.3) is 5.89 Å². The van der Waals surface area contributed by atoms with Crippen LogP contribution in [0.25, 0.3) is 11.5 Å². The van der Waals surface area contributed by atoms with Gasteiger partial charge in [-0.1, -0.05) is 18.2 Å². The van der Waals surface area contributed by atoms with Crippen LogP contribution in [0.15, 0.2) is 63.9 Å². The van der Waals surface area contributed by atoms with Crippen LogP contribution in [0.3, 0.4) is 0 Å². The molecule has 3 rings (SSSR count). The van der Waals surface area contributed by atoms with Crippen molar-refractivity contribution < 1.29 is 27.1 Å². The fourth-order valence-corrected chi connectivity index (χ4v) is 3.52. The Bertz CT molecular complexity index is 1080. The number of rotatable bonds is 9. The number of sulfonamides is 1. The van der Waals surface area contributed by atoms with Gasteiger partial charge in [-0.3, -0.25) is 0 Å². The SMILES string of the molecule is COCCNS(=O)(=O)c1ccc(C(=O)O[C@H](C)c2nnc(-c3ccccc3)o2)cc1. The average molecular weight is 431 g/mol. The molecule has 10 heteroatoms. The van der Waals surface area contributed by atoms with Crippen LogP contribution in [0.4, 0.5) is 0 Å². The Morgan fingerprint density at radius 3 is 2.47 bits per heavy atom. The molecule has 1 heterocycles. The Balaban J connectivity index is 1.64. The van der Waals surface area contributed by atoms with Gasteiger partial charge in [0.1, 0.15) is 0 Å². The molecule has 0 aliphatic carbocycles. The summed E-state index contributed by atoms with van der Waals surface area (Å²) in [5.74, 6) is -0.161. The van der Waals surface area contributed by atoms with E-state index in [-0.39, 0.29) is 29.5 Å². The lowest BCUT2D eigenvalue weighted by Crippen LogP contribution is -2.27. The van der Waals surface area contributed by atoms with E-state index < -0.39 is 22.1 Å². The molecule has 0 bridgehead atoms. The zero-order valence-electron chi connectivity index (χ0n) is 16.4. The molecular formula is C20H21N3O6S. The Kier molecular flexibility index (Phi) is 6.93. The molecule has 0 aliphatic rings. The summed E-state index contributed by atoms with van der Waals surface area (Å²) in [7, 11) is -2.20. The number of hydrogen-bond donors (Lipinski definition) is 1. The lowest BCUT2D eigenvalue weighted by atomic mass is 10.2. The van der Waals surface area contributed by atoms with Gasteiger partial charge in [-0.25, -0.2) is 17.9 Å². The highest BCUT2D eigenvalue weighted by Crippen LogP contribution is 2.23. The topological polar surface area (TPSA) is 121 Å². The summed E-state index contributed by atoms with van der Waals surface area (Å²) < 4.78 is 42.5. The summed E-state index contributed by atoms with van der Waals surface area (Å²) in [6.07, 6.45) is -0.776. The van der Waals surface area contributed by atoms with Crippen LogP contribution < -0.4 is 4.72 Å². The van der Waals surface area contributed by atoms with E-state index in [1.807, 2.05) is 30.3 Å². The first kappa shape index (κ1) is 21.6. The largest absolute Gasteiger partial charge is 0.449 e. The third-order valence-electron chi connectivity index (χ3n) is 4.09. The number of benzene rings is 2. The van der Waals surface area contributed by atoms with Crippen molar-refractivity contribution in [1.29, 1.82) is 0 Å². The Hall–Kier alpha value is -3.08. The highest BCUT2D eigenvalue weighted by molar-refractivity contribution is 7.89. The maximum absolute atomic E-state index is 12.4. The predicted octanol–water partition coefficient (Wildman–Crippen LogP) is 2.58. The lowest BCUT2D eigenvalue weighted by molar-refractivity contribution is 0.0279. The standard InChI is InChI=1S/C20H21N3O6S/c1-14(18-22-23-19(29-18)15-6-4-3-5-7-15)28-20(24)16-8-10-17(11-9-16)30(25,26)21-12-13-27-2/h3-11,14,21H,12-13H2,1-2H3/t14-/m1/s1. The first-order valence-electron chi connectivity index (χ1n) is 9.09. The highest BCUT2D eigenvalue weighted by atomic mass is 32.2. The average Bonchev–Trinajstić information content (AvgIpc) is 3.25. The van der Waals surface area contributed by atoms with Crippen LogP contribution in [0.5, 0.6) is 0 Å². The van der Waals surface area contributed by atoms with Gasteiger partial charge in [0.05, 0.1) is 17.1 Å². The van der Waals surface area contributed by atoms with Gasteiger partial charge in [-0.05, 0) is 43.3 Å². The van der Waals surface area contributed by atoms with Crippen molar-refractivity contribution in [1.82, 2.24) is 14.9 Å². The second kappa shape index (κ2) is 9.61. The number of ether oxygens (including phenoxy) is 2. The van der Waals surface area contributed by atoms with E-state index in [0.717, 1.165) is 5.56 Å². The summed E-state index contributed by atoms with van der Waals surface area (Å²) in [6, 6.07) is 14.6. The number of aromatic nitrogens is 2. The van der Waals surface area contributed by atoms with Crippen LogP contribution in [0, 0.1) is 0 Å². The summed E-state index contributed by atoms with van der Waals surface area (Å²) >= 11 is 0. The fourth-order valence-electron chi connectivity index (χ4n) is 2.51. The van der Waals surface area contributed by atoms with Crippen molar-refractivity contribution in [2.75, 3.05) is 20.3 Å². The van der Waals surface area contributed by atoms with E-state index >= 15 is 0 Å². The van der Waals surface area contributed by atoms with Gasteiger partial charge in [-0.2, -0.15) is 0 Å². The van der Waals surface area contributed by atoms with E-state index in [1.54, 1.807) is 6.92 Å². The molecule has 3 aromatic rings. The molecule has 0 amide bonds. The lowest BCUT2D eigenvalue weighted by Gasteiger charge is -2.10. The van der Waals surface area contributed by atoms with Crippen molar-refractivity contribution in [3.63, 3.8) is 0 Å². The van der Waals surface area contributed by atoms with Gasteiger partial charge in [0.2, 0.25) is 15.9 Å². The van der Waals surface area contributed by atoms with Gasteiger partial charge in [0.15, 0.2) is 6.10 Å². The molecule has 0 fully saturated rings. The maximum Gasteiger partial charge on any atom is 0.338 e. The van der Waals surface area contributed by atoms with Crippen molar-refractivity contribution >= 4 is 16.0 Å². The molecule has 0 saturated carbocycles. The van der Waals surface area contributed by atoms with Crippen LogP contribution in [0.1, 0.15) is 29.3 Å². The first-order chi connectivity index (χ1) is 14.4. The van der Waals surface area contributed by atoms with Crippen molar-refractivity contribution in [2.24, 2.45) is 0 Å². The number of hydrogen-bond acceptors (Lipinski definition) is 8. The molecular weight excluding hydrogens is 410 g/mol. The normalized spacial score (nSPS) is 12.5. The molecule has 0 spiro atoms. The zero-order chi connectivity index (χ0) is 21.6. The van der Waals surface area contributed by atoms with Crippen LogP contribution >= 0.6 is 0 Å². The number of esters is 1. The molecule has 1 atom stereocenters. The molecule has 9 nitrogen and oxygen atoms in total. The molecule has 30 heavy (non-hydrogen) atoms. The smallest absolute Gasteiger partial charge is 0.338 e. The molecule has 1 aromatic heterocycles. The fraction of sp³-hybridized carbons (Fsp3) is 0.250. The molecule has 0 aliphatic heterocycles. The van der Waals surface area contributed by atoms with Gasteiger partial charge in [0, 0.05) is 19.2 Å². The monoisotopic (exact) mass is 431 g/mol. The zero-order valence-corrected chi connectivity index (χ0v) is 17.3. The van der Waals surface area contributed by atoms with Gasteiger partial charge < -0.3 is 13.9 Å². The van der Waals surface area contributed by atoms with Crippen LogP contribution in [-0.2, 0) is 19.5 Å². The summed E-state index contributed by atoms with van der Waals surface area (Å²) in [4.78, 5) is 12.4. The predicted molar refractivity (Wildman–Crippen MR) is 107 cm³/mol. The molecule has 1 N–H and O–H groups in total. The third kappa shape index (κ3) is 5.29. The highest BCUT2D eigenvalue weighted by Gasteiger charge is 2.21. The van der Waals surface area contributed by atoms with Crippen molar-refractivity contribution in [3.05, 3.63) is 66.1 Å². The molecule has 0 radical (unpaired) electrons. The summed E-state index contributed by atoms with van der Waals surface area (Å²) in [6.45, 7) is 2.01.